The average molecular weight is 281 g/mol. The molecule has 2 heterocycles. The highest BCUT2D eigenvalue weighted by Crippen LogP contribution is 2.16. The Bertz CT molecular complexity index is 605. The number of hydrogen-bond acceptors (Lipinski definition) is 5. The van der Waals surface area contributed by atoms with Gasteiger partial charge in [-0.3, -0.25) is 4.79 Å². The van der Waals surface area contributed by atoms with Gasteiger partial charge < -0.3 is 15.6 Å². The van der Waals surface area contributed by atoms with Gasteiger partial charge >= 0.3 is 0 Å². The van der Waals surface area contributed by atoms with Crippen LogP contribution in [0.3, 0.4) is 0 Å². The number of nitrogens with one attached hydrogen (secondary N) is 1. The molecular weight excluding hydrogens is 268 g/mol. The summed E-state index contributed by atoms with van der Waals surface area (Å²) in [7, 11) is 0. The van der Waals surface area contributed by atoms with Crippen LogP contribution in [0.4, 0.5) is 5.82 Å². The number of nitrogen functional groups attached to an aromatic ring is 1. The van der Waals surface area contributed by atoms with E-state index in [-0.39, 0.29) is 16.5 Å². The standard InChI is InChI=1S/C12H13ClN4O2/c1-6-8(7(2)19-17-6)5-15-12(18)11-9(13)3-4-10(14)16-11/h3-4H,5H2,1-2H3,(H2,14,16)(H,15,18). The van der Waals surface area contributed by atoms with Crippen LogP contribution in [0.1, 0.15) is 27.5 Å². The summed E-state index contributed by atoms with van der Waals surface area (Å²) >= 11 is 5.90. The summed E-state index contributed by atoms with van der Waals surface area (Å²) in [5.74, 6) is 0.522. The number of pyridine rings is 1. The molecule has 0 radical (unpaired) electrons. The second-order valence-corrected chi connectivity index (χ2v) is 4.46. The van der Waals surface area contributed by atoms with Crippen LogP contribution in [0.2, 0.25) is 5.02 Å². The second kappa shape index (κ2) is 5.27. The fourth-order valence-corrected chi connectivity index (χ4v) is 1.81. The van der Waals surface area contributed by atoms with Gasteiger partial charge in [0.25, 0.3) is 5.91 Å². The molecule has 0 atom stereocenters. The van der Waals surface area contributed by atoms with Crippen LogP contribution in [-0.4, -0.2) is 16.0 Å². The van der Waals surface area contributed by atoms with Crippen molar-refractivity contribution in [2.75, 3.05) is 5.73 Å². The zero-order chi connectivity index (χ0) is 14.0. The number of aryl methyl sites for hydroxylation is 2. The van der Waals surface area contributed by atoms with Gasteiger partial charge in [-0.25, -0.2) is 4.98 Å². The number of anilines is 1. The maximum Gasteiger partial charge on any atom is 0.271 e. The molecule has 2 aromatic heterocycles. The van der Waals surface area contributed by atoms with Gasteiger partial charge in [0.2, 0.25) is 0 Å². The molecule has 100 valence electrons. The molecule has 19 heavy (non-hydrogen) atoms. The molecule has 2 rings (SSSR count). The number of amides is 1. The quantitative estimate of drug-likeness (QED) is 0.895. The van der Waals surface area contributed by atoms with E-state index in [2.05, 4.69) is 15.5 Å². The lowest BCUT2D eigenvalue weighted by molar-refractivity contribution is 0.0946. The minimum Gasteiger partial charge on any atom is -0.384 e. The Kier molecular flexibility index (Phi) is 3.71. The van der Waals surface area contributed by atoms with Gasteiger partial charge in [-0.1, -0.05) is 16.8 Å². The number of aromatic nitrogens is 2. The molecule has 0 spiro atoms. The van der Waals surface area contributed by atoms with Crippen LogP contribution in [-0.2, 0) is 6.54 Å². The summed E-state index contributed by atoms with van der Waals surface area (Å²) < 4.78 is 5.01. The minimum atomic E-state index is -0.391. The van der Waals surface area contributed by atoms with Crippen LogP contribution in [0, 0.1) is 13.8 Å². The number of nitrogens with two attached hydrogens (primary N) is 1. The van der Waals surface area contributed by atoms with Gasteiger partial charge in [0, 0.05) is 12.1 Å². The molecule has 0 aromatic carbocycles. The summed E-state index contributed by atoms with van der Waals surface area (Å²) in [6.45, 7) is 3.89. The molecule has 0 unspecified atom stereocenters. The van der Waals surface area contributed by atoms with E-state index < -0.39 is 5.91 Å². The van der Waals surface area contributed by atoms with Crippen molar-refractivity contribution >= 4 is 23.3 Å². The molecule has 6 nitrogen and oxygen atoms in total. The molecule has 0 aliphatic carbocycles. The predicted molar refractivity (Wildman–Crippen MR) is 70.8 cm³/mol. The molecular formula is C12H13ClN4O2. The van der Waals surface area contributed by atoms with Crippen LogP contribution >= 0.6 is 11.6 Å². The summed E-state index contributed by atoms with van der Waals surface area (Å²) in [5.41, 5.74) is 7.22. The summed E-state index contributed by atoms with van der Waals surface area (Å²) in [6, 6.07) is 3.07. The van der Waals surface area contributed by atoms with Crippen molar-refractivity contribution in [3.8, 4) is 0 Å². The van der Waals surface area contributed by atoms with E-state index in [1.165, 1.54) is 12.1 Å². The SMILES string of the molecule is Cc1noc(C)c1CNC(=O)c1nc(N)ccc1Cl. The zero-order valence-corrected chi connectivity index (χ0v) is 11.3. The Morgan fingerprint density at radius 1 is 1.47 bits per heavy atom. The van der Waals surface area contributed by atoms with Crippen LogP contribution in [0.25, 0.3) is 0 Å². The van der Waals surface area contributed by atoms with Gasteiger partial charge in [-0.15, -0.1) is 0 Å². The van der Waals surface area contributed by atoms with Crippen molar-refractivity contribution in [1.82, 2.24) is 15.5 Å². The van der Waals surface area contributed by atoms with E-state index in [1.807, 2.05) is 6.92 Å². The fourth-order valence-electron chi connectivity index (χ4n) is 1.62. The minimum absolute atomic E-state index is 0.105. The predicted octanol–water partition coefficient (Wildman–Crippen LogP) is 1.85. The number of hydrogen-bond donors (Lipinski definition) is 2. The van der Waals surface area contributed by atoms with E-state index in [9.17, 15) is 4.79 Å². The van der Waals surface area contributed by atoms with Gasteiger partial charge in [-0.05, 0) is 26.0 Å². The lowest BCUT2D eigenvalue weighted by Crippen LogP contribution is -2.25. The van der Waals surface area contributed by atoms with Crippen LogP contribution in [0.5, 0.6) is 0 Å². The van der Waals surface area contributed by atoms with Crippen molar-refractivity contribution in [1.29, 1.82) is 0 Å². The Hall–Kier alpha value is -2.08. The summed E-state index contributed by atoms with van der Waals surface area (Å²) in [6.07, 6.45) is 0. The zero-order valence-electron chi connectivity index (χ0n) is 10.5. The van der Waals surface area contributed by atoms with Gasteiger partial charge in [0.05, 0.1) is 10.7 Å². The average Bonchev–Trinajstić information content (AvgIpc) is 2.69. The van der Waals surface area contributed by atoms with Crippen LogP contribution in [0.15, 0.2) is 16.7 Å². The Morgan fingerprint density at radius 3 is 2.84 bits per heavy atom. The summed E-state index contributed by atoms with van der Waals surface area (Å²) in [5, 5.41) is 6.78. The van der Waals surface area contributed by atoms with Gasteiger partial charge in [0.1, 0.15) is 17.3 Å². The third kappa shape index (κ3) is 2.85. The number of nitrogens with zero attached hydrogens (tertiary/aromatic N) is 2. The first kappa shape index (κ1) is 13.4. The maximum absolute atomic E-state index is 12.0. The molecule has 0 fully saturated rings. The van der Waals surface area contributed by atoms with Crippen LogP contribution < -0.4 is 11.1 Å². The summed E-state index contributed by atoms with van der Waals surface area (Å²) in [4.78, 5) is 15.9. The highest BCUT2D eigenvalue weighted by atomic mass is 35.5. The molecule has 1 amide bonds. The Labute approximate surface area is 114 Å². The first-order chi connectivity index (χ1) is 8.99. The van der Waals surface area contributed by atoms with Crippen molar-refractivity contribution < 1.29 is 9.32 Å². The smallest absolute Gasteiger partial charge is 0.271 e. The Morgan fingerprint density at radius 2 is 2.21 bits per heavy atom. The Balaban J connectivity index is 2.12. The number of halogens is 1. The lowest BCUT2D eigenvalue weighted by Gasteiger charge is -2.06. The molecule has 3 N–H and O–H groups in total. The molecule has 0 saturated heterocycles. The second-order valence-electron chi connectivity index (χ2n) is 4.05. The lowest BCUT2D eigenvalue weighted by atomic mass is 10.2. The van der Waals surface area contributed by atoms with Gasteiger partial charge in [-0.2, -0.15) is 0 Å². The van der Waals surface area contributed by atoms with Crippen molar-refractivity contribution in [3.63, 3.8) is 0 Å². The van der Waals surface area contributed by atoms with Gasteiger partial charge in [0.15, 0.2) is 0 Å². The monoisotopic (exact) mass is 280 g/mol. The number of carbonyl (C=O) groups is 1. The highest BCUT2D eigenvalue weighted by molar-refractivity contribution is 6.33. The third-order valence-electron chi connectivity index (χ3n) is 2.69. The third-order valence-corrected chi connectivity index (χ3v) is 2.99. The maximum atomic E-state index is 12.0. The molecule has 7 heteroatoms. The number of rotatable bonds is 3. The number of carbonyl (C=O) groups excluding carboxylic acids is 1. The van der Waals surface area contributed by atoms with E-state index in [1.54, 1.807) is 6.92 Å². The normalized spacial score (nSPS) is 10.5. The van der Waals surface area contributed by atoms with E-state index in [0.717, 1.165) is 11.3 Å². The molecule has 0 saturated carbocycles. The van der Waals surface area contributed by atoms with E-state index in [4.69, 9.17) is 21.9 Å². The van der Waals surface area contributed by atoms with Crippen molar-refractivity contribution in [2.24, 2.45) is 0 Å². The topological polar surface area (TPSA) is 94.0 Å². The van der Waals surface area contributed by atoms with Crippen molar-refractivity contribution in [2.45, 2.75) is 20.4 Å². The molecule has 0 bridgehead atoms. The molecule has 2 aromatic rings. The van der Waals surface area contributed by atoms with E-state index in [0.29, 0.717) is 12.3 Å². The largest absolute Gasteiger partial charge is 0.384 e. The first-order valence-electron chi connectivity index (χ1n) is 5.61. The van der Waals surface area contributed by atoms with Crippen molar-refractivity contribution in [3.05, 3.63) is 39.9 Å². The molecule has 0 aliphatic heterocycles. The van der Waals surface area contributed by atoms with E-state index >= 15 is 0 Å². The highest BCUT2D eigenvalue weighted by Gasteiger charge is 2.15. The molecule has 0 aliphatic rings. The fraction of sp³-hybridized carbons (Fsp3) is 0.250. The first-order valence-corrected chi connectivity index (χ1v) is 5.99.